The Bertz CT molecular complexity index is 918. The number of alkyl carbamates (subject to hydrolysis) is 1. The molecule has 1 saturated heterocycles. The molecule has 162 valence electrons. The molecule has 3 rings (SSSR count). The van der Waals surface area contributed by atoms with Crippen LogP contribution < -0.4 is 5.32 Å². The second-order valence-electron chi connectivity index (χ2n) is 8.34. The fraction of sp³-hybridized carbons (Fsp3) is 0.524. The van der Waals surface area contributed by atoms with Crippen molar-refractivity contribution >= 4 is 28.9 Å². The second kappa shape index (κ2) is 9.15. The summed E-state index contributed by atoms with van der Waals surface area (Å²) < 4.78 is 5.16. The monoisotopic (exact) mass is 415 g/mol. The number of ether oxygens (including phenoxy) is 1. The van der Waals surface area contributed by atoms with Crippen LogP contribution in [0.4, 0.5) is 4.79 Å². The molecule has 0 radical (unpaired) electrons. The van der Waals surface area contributed by atoms with Crippen molar-refractivity contribution in [1.29, 1.82) is 0 Å². The number of nitrogens with zero attached hydrogens (tertiary/aromatic N) is 3. The predicted molar refractivity (Wildman–Crippen MR) is 112 cm³/mol. The van der Waals surface area contributed by atoms with Crippen LogP contribution in [0.25, 0.3) is 11.0 Å². The number of nitrogens with one attached hydrogen (secondary N) is 2. The maximum Gasteiger partial charge on any atom is 0.407 e. The van der Waals surface area contributed by atoms with Gasteiger partial charge in [-0.05, 0) is 45.4 Å². The van der Waals surface area contributed by atoms with Gasteiger partial charge in [-0.2, -0.15) is 0 Å². The number of H-pyrrole nitrogens is 1. The average Bonchev–Trinajstić information content (AvgIpc) is 3.00. The van der Waals surface area contributed by atoms with Gasteiger partial charge in [0.25, 0.3) is 5.91 Å². The lowest BCUT2D eigenvalue weighted by Gasteiger charge is -2.23. The van der Waals surface area contributed by atoms with Crippen LogP contribution in [0.1, 0.15) is 44.0 Å². The van der Waals surface area contributed by atoms with E-state index in [9.17, 15) is 14.4 Å². The number of rotatable bonds is 4. The molecule has 2 heterocycles. The highest BCUT2D eigenvalue weighted by atomic mass is 16.6. The van der Waals surface area contributed by atoms with Gasteiger partial charge in [0, 0.05) is 44.7 Å². The summed E-state index contributed by atoms with van der Waals surface area (Å²) in [7, 11) is 0. The number of carbonyl (C=O) groups is 3. The van der Waals surface area contributed by atoms with Crippen LogP contribution in [-0.4, -0.2) is 76.0 Å². The van der Waals surface area contributed by atoms with Gasteiger partial charge in [-0.1, -0.05) is 0 Å². The molecule has 30 heavy (non-hydrogen) atoms. The van der Waals surface area contributed by atoms with E-state index in [-0.39, 0.29) is 24.8 Å². The van der Waals surface area contributed by atoms with Crippen molar-refractivity contribution in [2.75, 3.05) is 32.7 Å². The highest BCUT2D eigenvalue weighted by Gasteiger charge is 2.23. The van der Waals surface area contributed by atoms with E-state index >= 15 is 0 Å². The van der Waals surface area contributed by atoms with E-state index in [1.54, 1.807) is 49.0 Å². The lowest BCUT2D eigenvalue weighted by Crippen LogP contribution is -2.39. The number of carbonyl (C=O) groups excluding carboxylic acids is 3. The SMILES string of the molecule is CC(C)(C)OC(=O)NCCC(=O)N1CCCN(C(=O)c2ccc3nc[nH]c3c2)CC1. The minimum Gasteiger partial charge on any atom is -0.444 e. The standard InChI is InChI=1S/C21H29N5O4/c1-21(2,3)30-20(29)22-8-7-18(27)25-9-4-10-26(12-11-25)19(28)15-5-6-16-17(13-15)24-14-23-16/h5-6,13-14H,4,7-12H2,1-3H3,(H,22,29)(H,23,24). The molecule has 0 unspecified atom stereocenters. The number of imidazole rings is 1. The molecule has 1 aromatic heterocycles. The average molecular weight is 415 g/mol. The molecule has 1 aliphatic rings. The first-order chi connectivity index (χ1) is 14.2. The summed E-state index contributed by atoms with van der Waals surface area (Å²) in [5.74, 6) is -0.0911. The summed E-state index contributed by atoms with van der Waals surface area (Å²) >= 11 is 0. The van der Waals surface area contributed by atoms with Crippen molar-refractivity contribution in [1.82, 2.24) is 25.1 Å². The Labute approximate surface area is 175 Å². The summed E-state index contributed by atoms with van der Waals surface area (Å²) in [6.45, 7) is 7.72. The van der Waals surface area contributed by atoms with E-state index in [4.69, 9.17) is 4.74 Å². The third kappa shape index (κ3) is 5.71. The Morgan fingerprint density at radius 2 is 1.87 bits per heavy atom. The lowest BCUT2D eigenvalue weighted by molar-refractivity contribution is -0.130. The van der Waals surface area contributed by atoms with E-state index in [2.05, 4.69) is 15.3 Å². The summed E-state index contributed by atoms with van der Waals surface area (Å²) in [5.41, 5.74) is 1.67. The number of amides is 3. The molecule has 0 spiro atoms. The molecular formula is C21H29N5O4. The van der Waals surface area contributed by atoms with Gasteiger partial charge in [0.1, 0.15) is 5.60 Å². The van der Waals surface area contributed by atoms with Crippen LogP contribution in [0.3, 0.4) is 0 Å². The Kier molecular flexibility index (Phi) is 6.59. The van der Waals surface area contributed by atoms with Gasteiger partial charge >= 0.3 is 6.09 Å². The Hall–Kier alpha value is -3.10. The predicted octanol–water partition coefficient (Wildman–Crippen LogP) is 2.15. The van der Waals surface area contributed by atoms with Crippen LogP contribution in [0.5, 0.6) is 0 Å². The number of hydrogen-bond acceptors (Lipinski definition) is 5. The van der Waals surface area contributed by atoms with Gasteiger partial charge in [0.05, 0.1) is 17.4 Å². The number of aromatic nitrogens is 2. The minimum atomic E-state index is -0.573. The van der Waals surface area contributed by atoms with Crippen molar-refractivity contribution < 1.29 is 19.1 Å². The third-order valence-electron chi connectivity index (χ3n) is 4.81. The van der Waals surface area contributed by atoms with Crippen LogP contribution in [0.15, 0.2) is 24.5 Å². The molecule has 0 atom stereocenters. The second-order valence-corrected chi connectivity index (χ2v) is 8.34. The van der Waals surface area contributed by atoms with Crippen molar-refractivity contribution in [3.63, 3.8) is 0 Å². The topological polar surface area (TPSA) is 108 Å². The summed E-state index contributed by atoms with van der Waals surface area (Å²) in [4.78, 5) is 47.8. The summed E-state index contributed by atoms with van der Waals surface area (Å²) in [5, 5.41) is 2.60. The zero-order valence-electron chi connectivity index (χ0n) is 17.7. The third-order valence-corrected chi connectivity index (χ3v) is 4.81. The summed E-state index contributed by atoms with van der Waals surface area (Å²) in [6.07, 6.45) is 1.98. The van der Waals surface area contributed by atoms with Crippen molar-refractivity contribution in [3.05, 3.63) is 30.1 Å². The van der Waals surface area contributed by atoms with E-state index in [1.807, 2.05) is 6.07 Å². The number of fused-ring (bicyclic) bond motifs is 1. The molecule has 0 aliphatic carbocycles. The van der Waals surface area contributed by atoms with Gasteiger partial charge in [-0.25, -0.2) is 9.78 Å². The lowest BCUT2D eigenvalue weighted by atomic mass is 10.1. The highest BCUT2D eigenvalue weighted by Crippen LogP contribution is 2.15. The van der Waals surface area contributed by atoms with Crippen LogP contribution >= 0.6 is 0 Å². The normalized spacial score (nSPS) is 15.0. The van der Waals surface area contributed by atoms with Crippen molar-refractivity contribution in [3.8, 4) is 0 Å². The zero-order valence-corrected chi connectivity index (χ0v) is 17.7. The van der Waals surface area contributed by atoms with Gasteiger partial charge in [0.2, 0.25) is 5.91 Å². The molecule has 3 amide bonds. The van der Waals surface area contributed by atoms with E-state index in [1.165, 1.54) is 0 Å². The van der Waals surface area contributed by atoms with E-state index in [0.717, 1.165) is 11.0 Å². The first-order valence-corrected chi connectivity index (χ1v) is 10.2. The van der Waals surface area contributed by atoms with Crippen LogP contribution in [0, 0.1) is 0 Å². The Balaban J connectivity index is 1.48. The quantitative estimate of drug-likeness (QED) is 0.796. The molecule has 0 saturated carbocycles. The molecular weight excluding hydrogens is 386 g/mol. The number of benzene rings is 1. The van der Waals surface area contributed by atoms with Gasteiger partial charge in [-0.3, -0.25) is 9.59 Å². The molecule has 2 aromatic rings. The maximum absolute atomic E-state index is 12.9. The minimum absolute atomic E-state index is 0.0424. The molecule has 9 nitrogen and oxygen atoms in total. The fourth-order valence-corrected chi connectivity index (χ4v) is 3.36. The van der Waals surface area contributed by atoms with Gasteiger partial charge < -0.3 is 24.8 Å². The molecule has 1 aliphatic heterocycles. The van der Waals surface area contributed by atoms with Gasteiger partial charge in [-0.15, -0.1) is 0 Å². The molecule has 1 aromatic carbocycles. The molecule has 2 N–H and O–H groups in total. The van der Waals surface area contributed by atoms with E-state index in [0.29, 0.717) is 38.2 Å². The summed E-state index contributed by atoms with van der Waals surface area (Å²) in [6, 6.07) is 5.41. The molecule has 1 fully saturated rings. The largest absolute Gasteiger partial charge is 0.444 e. The Morgan fingerprint density at radius 1 is 1.13 bits per heavy atom. The molecule has 9 heteroatoms. The number of aromatic amines is 1. The van der Waals surface area contributed by atoms with Crippen molar-refractivity contribution in [2.45, 2.75) is 39.2 Å². The van der Waals surface area contributed by atoms with Crippen LogP contribution in [0.2, 0.25) is 0 Å². The molecule has 0 bridgehead atoms. The first kappa shape index (κ1) is 21.6. The van der Waals surface area contributed by atoms with Crippen molar-refractivity contribution in [2.24, 2.45) is 0 Å². The fourth-order valence-electron chi connectivity index (χ4n) is 3.36. The smallest absolute Gasteiger partial charge is 0.407 e. The van der Waals surface area contributed by atoms with E-state index < -0.39 is 11.7 Å². The zero-order chi connectivity index (χ0) is 21.7. The maximum atomic E-state index is 12.9. The Morgan fingerprint density at radius 3 is 2.63 bits per heavy atom. The van der Waals surface area contributed by atoms with Crippen LogP contribution in [-0.2, 0) is 9.53 Å². The van der Waals surface area contributed by atoms with Gasteiger partial charge in [0.15, 0.2) is 0 Å². The number of hydrogen-bond donors (Lipinski definition) is 2. The highest BCUT2D eigenvalue weighted by molar-refractivity contribution is 5.97. The first-order valence-electron chi connectivity index (χ1n) is 10.2.